The summed E-state index contributed by atoms with van der Waals surface area (Å²) in [5.74, 6) is -3.74. The Kier molecular flexibility index (Phi) is 10.3. The number of aliphatic hydroxyl groups is 1. The van der Waals surface area contributed by atoms with E-state index in [0.717, 1.165) is 11.1 Å². The topological polar surface area (TPSA) is 138 Å². The number of carbonyl (C=O) groups is 3. The lowest BCUT2D eigenvalue weighted by atomic mass is 9.91. The molecule has 5 atom stereocenters. The highest BCUT2D eigenvalue weighted by Gasteiger charge is 2.47. The predicted octanol–water partition coefficient (Wildman–Crippen LogP) is 5.35. The molecule has 0 saturated carbocycles. The van der Waals surface area contributed by atoms with Crippen molar-refractivity contribution >= 4 is 35.2 Å². The molecule has 2 aromatic carbocycles. The molecule has 244 valence electrons. The Labute approximate surface area is 266 Å². The van der Waals surface area contributed by atoms with Crippen LogP contribution < -0.4 is 5.32 Å². The third-order valence-electron chi connectivity index (χ3n) is 7.99. The lowest BCUT2D eigenvalue weighted by Gasteiger charge is -2.41. The minimum atomic E-state index is -5.08. The van der Waals surface area contributed by atoms with E-state index < -0.39 is 48.5 Å². The molecule has 5 rings (SSSR count). The average molecular weight is 660 g/mol. The van der Waals surface area contributed by atoms with Gasteiger partial charge in [0, 0.05) is 35.7 Å². The molecular formula is C32H32F3N3O7S. The number of hydrogen-bond donors (Lipinski definition) is 3. The van der Waals surface area contributed by atoms with Crippen molar-refractivity contribution in [2.45, 2.75) is 62.1 Å². The summed E-state index contributed by atoms with van der Waals surface area (Å²) < 4.78 is 52.1. The number of benzene rings is 2. The number of pyridine rings is 1. The summed E-state index contributed by atoms with van der Waals surface area (Å²) in [5, 5.41) is 22.1. The van der Waals surface area contributed by atoms with E-state index in [2.05, 4.69) is 10.3 Å². The van der Waals surface area contributed by atoms with Gasteiger partial charge in [0.1, 0.15) is 11.1 Å². The zero-order valence-electron chi connectivity index (χ0n) is 24.6. The molecule has 1 aromatic heterocycles. The first-order chi connectivity index (χ1) is 22.0. The number of hydrogen-bond acceptors (Lipinski definition) is 8. The molecule has 3 heterocycles. The molecular weight excluding hydrogens is 627 g/mol. The molecule has 2 amide bonds. The molecule has 46 heavy (non-hydrogen) atoms. The Morgan fingerprint density at radius 1 is 1.07 bits per heavy atom. The number of aromatic nitrogens is 1. The molecule has 0 spiro atoms. The number of thioether (sulfide) groups is 1. The highest BCUT2D eigenvalue weighted by Crippen LogP contribution is 2.43. The van der Waals surface area contributed by atoms with Crippen LogP contribution in [-0.2, 0) is 25.7 Å². The third kappa shape index (κ3) is 7.52. The van der Waals surface area contributed by atoms with Crippen LogP contribution in [0, 0.1) is 5.92 Å². The molecule has 14 heteroatoms. The number of carbonyl (C=O) groups excluding carboxylic acids is 2. The maximum atomic E-state index is 13.1. The summed E-state index contributed by atoms with van der Waals surface area (Å²) >= 11 is 1.24. The number of rotatable bonds is 9. The van der Waals surface area contributed by atoms with E-state index in [-0.39, 0.29) is 43.2 Å². The van der Waals surface area contributed by atoms with Gasteiger partial charge in [0.15, 0.2) is 6.29 Å². The average Bonchev–Trinajstić information content (AvgIpc) is 3.54. The van der Waals surface area contributed by atoms with Crippen LogP contribution in [0.15, 0.2) is 71.9 Å². The smallest absolute Gasteiger partial charge is 0.471 e. The van der Waals surface area contributed by atoms with Crippen molar-refractivity contribution in [1.82, 2.24) is 9.88 Å². The predicted molar refractivity (Wildman–Crippen MR) is 161 cm³/mol. The van der Waals surface area contributed by atoms with Gasteiger partial charge in [-0.1, -0.05) is 43.3 Å². The summed E-state index contributed by atoms with van der Waals surface area (Å²) in [6.45, 7) is 1.67. The Bertz CT molecular complexity index is 1570. The molecule has 0 radical (unpaired) electrons. The highest BCUT2D eigenvalue weighted by atomic mass is 32.2. The van der Waals surface area contributed by atoms with Crippen LogP contribution in [0.4, 0.5) is 18.9 Å². The van der Waals surface area contributed by atoms with Crippen LogP contribution in [0.1, 0.15) is 59.2 Å². The van der Waals surface area contributed by atoms with Crippen LogP contribution in [0.3, 0.4) is 0 Å². The van der Waals surface area contributed by atoms with E-state index in [1.165, 1.54) is 24.0 Å². The van der Waals surface area contributed by atoms with Gasteiger partial charge in [-0.3, -0.25) is 9.59 Å². The minimum Gasteiger partial charge on any atom is -0.478 e. The SMILES string of the molecule is CC1C(CSc2ncccc2C(=O)O)OC(c2cccc(NC(=O)C3CCCN3C(=O)C(F)(F)F)c2)OC1c1ccc(CO)cc1. The standard InChI is InChI=1S/C32H32F3N3O7S/c1-18-25(17-46-28-23(29(41)42)7-3-13-36-28)44-30(45-26(18)20-11-9-19(16-39)10-12-20)21-5-2-6-22(15-21)37-27(40)24-8-4-14-38(24)31(43)32(33,34)35/h2-3,5-7,9-13,15,18,24-26,30,39H,4,8,14,16-17H2,1H3,(H,37,40)(H,41,42). The Morgan fingerprint density at radius 3 is 2.52 bits per heavy atom. The normalized spacial score (nSPS) is 23.2. The first kappa shape index (κ1) is 33.4. The van der Waals surface area contributed by atoms with Crippen molar-refractivity contribution in [2.24, 2.45) is 5.92 Å². The van der Waals surface area contributed by atoms with Crippen molar-refractivity contribution in [3.63, 3.8) is 0 Å². The number of alkyl halides is 3. The Morgan fingerprint density at radius 2 is 1.83 bits per heavy atom. The Balaban J connectivity index is 1.37. The largest absolute Gasteiger partial charge is 0.478 e. The molecule has 10 nitrogen and oxygen atoms in total. The van der Waals surface area contributed by atoms with E-state index >= 15 is 0 Å². The number of aromatic carboxylic acids is 1. The van der Waals surface area contributed by atoms with Crippen LogP contribution in [0.25, 0.3) is 0 Å². The van der Waals surface area contributed by atoms with Gasteiger partial charge in [-0.25, -0.2) is 9.78 Å². The summed E-state index contributed by atoms with van der Waals surface area (Å²) in [5.41, 5.74) is 2.44. The molecule has 3 N–H and O–H groups in total. The molecule has 2 aliphatic rings. The van der Waals surface area contributed by atoms with Crippen LogP contribution in [-0.4, -0.2) is 68.5 Å². The van der Waals surface area contributed by atoms with Crippen molar-refractivity contribution in [2.75, 3.05) is 17.6 Å². The van der Waals surface area contributed by atoms with Crippen molar-refractivity contribution in [3.05, 3.63) is 89.1 Å². The molecule has 0 bridgehead atoms. The summed E-state index contributed by atoms with van der Waals surface area (Å²) in [6.07, 6.45) is -5.04. The van der Waals surface area contributed by atoms with Crippen LogP contribution in [0.2, 0.25) is 0 Å². The van der Waals surface area contributed by atoms with Gasteiger partial charge >= 0.3 is 18.1 Å². The van der Waals surface area contributed by atoms with E-state index in [4.69, 9.17) is 9.47 Å². The van der Waals surface area contributed by atoms with Gasteiger partial charge in [-0.15, -0.1) is 11.8 Å². The fraction of sp³-hybridized carbons (Fsp3) is 0.375. The van der Waals surface area contributed by atoms with Gasteiger partial charge in [0.25, 0.3) is 0 Å². The minimum absolute atomic E-state index is 0.0705. The molecule has 2 aliphatic heterocycles. The molecule has 3 aromatic rings. The third-order valence-corrected chi connectivity index (χ3v) is 9.09. The lowest BCUT2D eigenvalue weighted by molar-refractivity contribution is -0.268. The number of aliphatic hydroxyl groups excluding tert-OH is 1. The molecule has 2 fully saturated rings. The second-order valence-corrected chi connectivity index (χ2v) is 12.1. The molecule has 2 saturated heterocycles. The number of halogens is 3. The number of amides is 2. The highest BCUT2D eigenvalue weighted by molar-refractivity contribution is 7.99. The number of carboxylic acid groups (broad SMARTS) is 1. The maximum Gasteiger partial charge on any atom is 0.471 e. The first-order valence-corrected chi connectivity index (χ1v) is 15.5. The summed E-state index contributed by atoms with van der Waals surface area (Å²) in [7, 11) is 0. The van der Waals surface area contributed by atoms with Crippen molar-refractivity contribution < 1.29 is 47.2 Å². The van der Waals surface area contributed by atoms with Gasteiger partial charge < -0.3 is 29.9 Å². The van der Waals surface area contributed by atoms with E-state index in [1.807, 2.05) is 19.1 Å². The molecule has 5 unspecified atom stereocenters. The number of nitrogens with one attached hydrogen (secondary N) is 1. The van der Waals surface area contributed by atoms with Crippen molar-refractivity contribution in [3.8, 4) is 0 Å². The number of ether oxygens (including phenoxy) is 2. The second kappa shape index (κ2) is 14.2. The van der Waals surface area contributed by atoms with Gasteiger partial charge in [-0.2, -0.15) is 13.2 Å². The van der Waals surface area contributed by atoms with Gasteiger partial charge in [0.2, 0.25) is 5.91 Å². The Hall–Kier alpha value is -3.98. The lowest BCUT2D eigenvalue weighted by Crippen LogP contribution is -2.48. The zero-order valence-corrected chi connectivity index (χ0v) is 25.5. The van der Waals surface area contributed by atoms with E-state index in [9.17, 15) is 37.8 Å². The second-order valence-electron chi connectivity index (χ2n) is 11.1. The number of carboxylic acids is 1. The molecule has 0 aliphatic carbocycles. The van der Waals surface area contributed by atoms with E-state index in [1.54, 1.807) is 42.5 Å². The number of nitrogens with zero attached hydrogens (tertiary/aromatic N) is 2. The fourth-order valence-corrected chi connectivity index (χ4v) is 6.72. The van der Waals surface area contributed by atoms with Crippen LogP contribution in [0.5, 0.6) is 0 Å². The van der Waals surface area contributed by atoms with Gasteiger partial charge in [-0.05, 0) is 48.2 Å². The van der Waals surface area contributed by atoms with Crippen LogP contribution >= 0.6 is 11.8 Å². The number of anilines is 1. The fourth-order valence-electron chi connectivity index (χ4n) is 5.57. The van der Waals surface area contributed by atoms with Gasteiger partial charge in [0.05, 0.1) is 24.4 Å². The number of likely N-dealkylation sites (tertiary alicyclic amines) is 1. The van der Waals surface area contributed by atoms with Crippen molar-refractivity contribution in [1.29, 1.82) is 0 Å². The zero-order chi connectivity index (χ0) is 33.0. The van der Waals surface area contributed by atoms with E-state index in [0.29, 0.717) is 21.2 Å². The quantitative estimate of drug-likeness (QED) is 0.260. The first-order valence-electron chi connectivity index (χ1n) is 14.6. The maximum absolute atomic E-state index is 13.1. The monoisotopic (exact) mass is 659 g/mol. The summed E-state index contributed by atoms with van der Waals surface area (Å²) in [4.78, 5) is 41.4. The summed E-state index contributed by atoms with van der Waals surface area (Å²) in [6, 6.07) is 15.6.